The van der Waals surface area contributed by atoms with Crippen LogP contribution in [-0.4, -0.2) is 17.9 Å². The van der Waals surface area contributed by atoms with Gasteiger partial charge in [-0.15, -0.1) is 0 Å². The van der Waals surface area contributed by atoms with Crippen molar-refractivity contribution in [2.45, 2.75) is 33.2 Å². The number of rotatable bonds is 6. The highest BCUT2D eigenvalue weighted by Gasteiger charge is 2.24. The summed E-state index contributed by atoms with van der Waals surface area (Å²) in [6.07, 6.45) is 0.238. The van der Waals surface area contributed by atoms with E-state index < -0.39 is 6.04 Å². The van der Waals surface area contributed by atoms with Crippen LogP contribution < -0.4 is 10.6 Å². The van der Waals surface area contributed by atoms with Gasteiger partial charge in [-0.1, -0.05) is 74.5 Å². The Bertz CT molecular complexity index is 989. The summed E-state index contributed by atoms with van der Waals surface area (Å²) in [6, 6.07) is 21.0. The van der Waals surface area contributed by atoms with Crippen LogP contribution in [0.1, 0.15) is 25.0 Å². The molecule has 0 aliphatic carbocycles. The smallest absolute Gasteiger partial charge is 0.247 e. The molecule has 2 N–H and O–H groups in total. The normalized spacial score (nSPS) is 12.0. The van der Waals surface area contributed by atoms with Crippen molar-refractivity contribution in [2.24, 2.45) is 5.92 Å². The topological polar surface area (TPSA) is 58.2 Å². The average Bonchev–Trinajstić information content (AvgIpc) is 2.68. The molecule has 0 aliphatic rings. The Balaban J connectivity index is 1.72. The van der Waals surface area contributed by atoms with Gasteiger partial charge in [-0.25, -0.2) is 0 Å². The van der Waals surface area contributed by atoms with Crippen LogP contribution in [-0.2, 0) is 16.0 Å². The average molecular weight is 374 g/mol. The summed E-state index contributed by atoms with van der Waals surface area (Å²) >= 11 is 0. The summed E-state index contributed by atoms with van der Waals surface area (Å²) in [6.45, 7) is 5.81. The molecule has 28 heavy (non-hydrogen) atoms. The molecule has 3 aromatic carbocycles. The van der Waals surface area contributed by atoms with Crippen molar-refractivity contribution in [3.05, 3.63) is 77.9 Å². The predicted molar refractivity (Wildman–Crippen MR) is 114 cm³/mol. The summed E-state index contributed by atoms with van der Waals surface area (Å²) in [5, 5.41) is 8.02. The van der Waals surface area contributed by atoms with Crippen LogP contribution >= 0.6 is 0 Å². The quantitative estimate of drug-likeness (QED) is 0.669. The van der Waals surface area contributed by atoms with E-state index in [-0.39, 0.29) is 24.2 Å². The molecular weight excluding hydrogens is 348 g/mol. The van der Waals surface area contributed by atoms with Crippen LogP contribution in [0.3, 0.4) is 0 Å². The molecule has 0 heterocycles. The van der Waals surface area contributed by atoms with Gasteiger partial charge in [-0.2, -0.15) is 0 Å². The Kier molecular flexibility index (Phi) is 6.09. The van der Waals surface area contributed by atoms with Crippen molar-refractivity contribution in [1.29, 1.82) is 0 Å². The molecule has 0 spiro atoms. The molecule has 0 saturated heterocycles. The number of anilines is 1. The Hall–Kier alpha value is -3.14. The van der Waals surface area contributed by atoms with Crippen LogP contribution in [0, 0.1) is 12.8 Å². The first-order chi connectivity index (χ1) is 13.5. The molecule has 0 fully saturated rings. The van der Waals surface area contributed by atoms with E-state index in [0.717, 1.165) is 27.6 Å². The maximum Gasteiger partial charge on any atom is 0.247 e. The highest BCUT2D eigenvalue weighted by atomic mass is 16.2. The fourth-order valence-corrected chi connectivity index (χ4v) is 3.30. The molecule has 4 nitrogen and oxygen atoms in total. The van der Waals surface area contributed by atoms with Gasteiger partial charge in [-0.05, 0) is 40.8 Å². The van der Waals surface area contributed by atoms with Gasteiger partial charge in [0.25, 0.3) is 0 Å². The first-order valence-electron chi connectivity index (χ1n) is 9.58. The van der Waals surface area contributed by atoms with Gasteiger partial charge < -0.3 is 10.6 Å². The molecule has 0 radical (unpaired) electrons. The zero-order chi connectivity index (χ0) is 20.1. The predicted octanol–water partition coefficient (Wildman–Crippen LogP) is 4.47. The van der Waals surface area contributed by atoms with E-state index in [1.165, 1.54) is 0 Å². The number of nitrogens with one attached hydrogen (secondary N) is 2. The van der Waals surface area contributed by atoms with Crippen molar-refractivity contribution in [3.63, 3.8) is 0 Å². The lowest BCUT2D eigenvalue weighted by Crippen LogP contribution is -2.47. The van der Waals surface area contributed by atoms with Gasteiger partial charge >= 0.3 is 0 Å². The van der Waals surface area contributed by atoms with Gasteiger partial charge in [0.15, 0.2) is 0 Å². The fourth-order valence-electron chi connectivity index (χ4n) is 3.30. The van der Waals surface area contributed by atoms with E-state index in [9.17, 15) is 9.59 Å². The van der Waals surface area contributed by atoms with Gasteiger partial charge in [0.2, 0.25) is 11.8 Å². The minimum atomic E-state index is -0.595. The molecule has 0 bridgehead atoms. The summed E-state index contributed by atoms with van der Waals surface area (Å²) in [5.41, 5.74) is 2.71. The molecule has 0 saturated carbocycles. The molecule has 1 atom stereocenters. The van der Waals surface area contributed by atoms with Crippen molar-refractivity contribution in [3.8, 4) is 0 Å². The Labute approximate surface area is 166 Å². The molecule has 3 aromatic rings. The molecule has 3 rings (SSSR count). The second kappa shape index (κ2) is 8.70. The minimum absolute atomic E-state index is 0.0273. The molecule has 144 valence electrons. The van der Waals surface area contributed by atoms with Gasteiger partial charge in [0.1, 0.15) is 6.04 Å². The molecule has 2 amide bonds. The van der Waals surface area contributed by atoms with E-state index in [4.69, 9.17) is 0 Å². The number of amides is 2. The maximum absolute atomic E-state index is 12.8. The number of para-hydroxylation sites is 1. The number of fused-ring (bicyclic) bond motifs is 1. The largest absolute Gasteiger partial charge is 0.344 e. The van der Waals surface area contributed by atoms with Gasteiger partial charge in [0.05, 0.1) is 6.42 Å². The van der Waals surface area contributed by atoms with Crippen LogP contribution in [0.2, 0.25) is 0 Å². The molecule has 0 unspecified atom stereocenters. The molecule has 4 heteroatoms. The van der Waals surface area contributed by atoms with Crippen LogP contribution in [0.25, 0.3) is 10.8 Å². The van der Waals surface area contributed by atoms with E-state index in [2.05, 4.69) is 10.6 Å². The summed E-state index contributed by atoms with van der Waals surface area (Å²) in [5.74, 6) is -0.383. The van der Waals surface area contributed by atoms with Crippen molar-refractivity contribution < 1.29 is 9.59 Å². The SMILES string of the molecule is Cc1ccccc1NC(=O)[C@@H](NC(=O)Cc1cccc2ccccc12)C(C)C. The van der Waals surface area contributed by atoms with Crippen molar-refractivity contribution >= 4 is 28.3 Å². The van der Waals surface area contributed by atoms with Crippen LogP contribution in [0.5, 0.6) is 0 Å². The number of benzene rings is 3. The molecular formula is C24H26N2O2. The summed E-state index contributed by atoms with van der Waals surface area (Å²) < 4.78 is 0. The second-order valence-electron chi connectivity index (χ2n) is 7.41. The number of hydrogen-bond donors (Lipinski definition) is 2. The highest BCUT2D eigenvalue weighted by Crippen LogP contribution is 2.19. The summed E-state index contributed by atoms with van der Waals surface area (Å²) in [4.78, 5) is 25.5. The first-order valence-corrected chi connectivity index (χ1v) is 9.58. The second-order valence-corrected chi connectivity index (χ2v) is 7.41. The number of aryl methyl sites for hydroxylation is 1. The third-order valence-corrected chi connectivity index (χ3v) is 4.90. The van der Waals surface area contributed by atoms with Crippen LogP contribution in [0.15, 0.2) is 66.7 Å². The third-order valence-electron chi connectivity index (χ3n) is 4.90. The lowest BCUT2D eigenvalue weighted by Gasteiger charge is -2.22. The Morgan fingerprint density at radius 1 is 0.893 bits per heavy atom. The minimum Gasteiger partial charge on any atom is -0.344 e. The number of carbonyl (C=O) groups is 2. The van der Waals surface area contributed by atoms with Gasteiger partial charge in [-0.3, -0.25) is 9.59 Å². The number of carbonyl (C=O) groups excluding carboxylic acids is 2. The molecule has 0 aliphatic heterocycles. The highest BCUT2D eigenvalue weighted by molar-refractivity contribution is 5.98. The van der Waals surface area contributed by atoms with E-state index >= 15 is 0 Å². The van der Waals surface area contributed by atoms with Gasteiger partial charge in [0, 0.05) is 5.69 Å². The first kappa shape index (κ1) is 19.6. The van der Waals surface area contributed by atoms with E-state index in [1.54, 1.807) is 0 Å². The Morgan fingerprint density at radius 3 is 2.32 bits per heavy atom. The fraction of sp³-hybridized carbons (Fsp3) is 0.250. The zero-order valence-corrected chi connectivity index (χ0v) is 16.5. The third kappa shape index (κ3) is 4.58. The van der Waals surface area contributed by atoms with Crippen molar-refractivity contribution in [1.82, 2.24) is 5.32 Å². The lowest BCUT2D eigenvalue weighted by atomic mass is 10.00. The van der Waals surface area contributed by atoms with E-state index in [0.29, 0.717) is 0 Å². The van der Waals surface area contributed by atoms with E-state index in [1.807, 2.05) is 87.5 Å². The zero-order valence-electron chi connectivity index (χ0n) is 16.5. The number of hydrogen-bond acceptors (Lipinski definition) is 2. The molecule has 0 aromatic heterocycles. The van der Waals surface area contributed by atoms with Crippen molar-refractivity contribution in [2.75, 3.05) is 5.32 Å². The van der Waals surface area contributed by atoms with Crippen LogP contribution in [0.4, 0.5) is 5.69 Å². The lowest BCUT2D eigenvalue weighted by molar-refractivity contribution is -0.127. The summed E-state index contributed by atoms with van der Waals surface area (Å²) in [7, 11) is 0. The maximum atomic E-state index is 12.8. The standard InChI is InChI=1S/C24H26N2O2/c1-16(2)23(24(28)25-21-14-7-4-9-17(21)3)26-22(27)15-19-12-8-11-18-10-5-6-13-20(18)19/h4-14,16,23H,15H2,1-3H3,(H,25,28)(H,26,27)/t23-/m0/s1. The monoisotopic (exact) mass is 374 g/mol. The Morgan fingerprint density at radius 2 is 1.57 bits per heavy atom.